The Labute approximate surface area is 118 Å². The van der Waals surface area contributed by atoms with E-state index in [0.29, 0.717) is 18.2 Å². The average molecular weight is 286 g/mol. The Balaban J connectivity index is 2.35. The Hall–Kier alpha value is -1.10. The first-order valence-corrected chi connectivity index (χ1v) is 6.73. The van der Waals surface area contributed by atoms with Crippen LogP contribution >= 0.6 is 11.6 Å². The summed E-state index contributed by atoms with van der Waals surface area (Å²) in [5.41, 5.74) is 1.08. The van der Waals surface area contributed by atoms with Gasteiger partial charge in [-0.05, 0) is 31.5 Å². The molecule has 0 aromatic heterocycles. The number of carbonyl (C=O) groups excluding carboxylic acids is 1. The molecule has 0 spiro atoms. The summed E-state index contributed by atoms with van der Waals surface area (Å²) in [6.45, 7) is 4.40. The van der Waals surface area contributed by atoms with Gasteiger partial charge in [0.25, 0.3) is 0 Å². The number of ether oxygens (including phenoxy) is 1. The second-order valence-electron chi connectivity index (χ2n) is 4.34. The van der Waals surface area contributed by atoms with Crippen molar-refractivity contribution in [1.82, 2.24) is 5.32 Å². The van der Waals surface area contributed by atoms with Gasteiger partial charge in [-0.25, -0.2) is 0 Å². The fourth-order valence-corrected chi connectivity index (χ4v) is 1.79. The molecule has 0 aliphatic carbocycles. The summed E-state index contributed by atoms with van der Waals surface area (Å²) in [4.78, 5) is 11.2. The molecule has 19 heavy (non-hydrogen) atoms. The van der Waals surface area contributed by atoms with Crippen LogP contribution in [0.3, 0.4) is 0 Å². The van der Waals surface area contributed by atoms with E-state index in [1.807, 2.05) is 31.2 Å². The van der Waals surface area contributed by atoms with Crippen LogP contribution in [-0.2, 0) is 9.53 Å². The van der Waals surface area contributed by atoms with Gasteiger partial charge >= 0.3 is 5.97 Å². The number of rotatable bonds is 7. The molecule has 1 unspecified atom stereocenters. The van der Waals surface area contributed by atoms with Gasteiger partial charge in [-0.3, -0.25) is 4.79 Å². The van der Waals surface area contributed by atoms with Crippen molar-refractivity contribution in [3.63, 3.8) is 0 Å². The molecule has 106 valence electrons. The van der Waals surface area contributed by atoms with E-state index >= 15 is 0 Å². The monoisotopic (exact) mass is 285 g/mol. The average Bonchev–Trinajstić information content (AvgIpc) is 2.37. The lowest BCUT2D eigenvalue weighted by Crippen LogP contribution is -2.31. The van der Waals surface area contributed by atoms with Gasteiger partial charge in [-0.2, -0.15) is 0 Å². The van der Waals surface area contributed by atoms with E-state index in [2.05, 4.69) is 5.32 Å². The van der Waals surface area contributed by atoms with Gasteiger partial charge in [0.2, 0.25) is 0 Å². The lowest BCUT2D eigenvalue weighted by molar-refractivity contribution is -0.145. The summed E-state index contributed by atoms with van der Waals surface area (Å²) in [6.07, 6.45) is -0.734. The van der Waals surface area contributed by atoms with Crippen molar-refractivity contribution < 1.29 is 14.6 Å². The molecule has 4 nitrogen and oxygen atoms in total. The van der Waals surface area contributed by atoms with E-state index in [1.54, 1.807) is 6.92 Å². The molecule has 2 atom stereocenters. The summed E-state index contributed by atoms with van der Waals surface area (Å²) in [5, 5.41) is 13.6. The smallest absolute Gasteiger partial charge is 0.308 e. The Kier molecular flexibility index (Phi) is 6.84. The van der Waals surface area contributed by atoms with E-state index < -0.39 is 6.10 Å². The summed E-state index contributed by atoms with van der Waals surface area (Å²) < 4.78 is 4.78. The van der Waals surface area contributed by atoms with Gasteiger partial charge in [0.15, 0.2) is 0 Å². The molecule has 0 amide bonds. The Morgan fingerprint density at radius 1 is 1.42 bits per heavy atom. The number of carbonyl (C=O) groups is 1. The highest BCUT2D eigenvalue weighted by Gasteiger charge is 2.13. The quantitative estimate of drug-likeness (QED) is 0.755. The molecular formula is C14H20ClNO3. The van der Waals surface area contributed by atoms with Crippen LogP contribution in [-0.4, -0.2) is 30.3 Å². The van der Waals surface area contributed by atoms with Crippen molar-refractivity contribution in [2.75, 3.05) is 13.2 Å². The summed E-state index contributed by atoms with van der Waals surface area (Å²) in [6, 6.07) is 7.58. The number of aliphatic hydroxyl groups is 1. The molecule has 1 rings (SSSR count). The van der Waals surface area contributed by atoms with E-state index in [1.165, 1.54) is 0 Å². The first-order valence-electron chi connectivity index (χ1n) is 6.35. The Morgan fingerprint density at radius 3 is 2.63 bits per heavy atom. The third kappa shape index (κ3) is 6.05. The van der Waals surface area contributed by atoms with Crippen molar-refractivity contribution >= 4 is 17.6 Å². The molecule has 0 aliphatic rings. The van der Waals surface area contributed by atoms with E-state index in [9.17, 15) is 9.90 Å². The predicted octanol–water partition coefficient (Wildman–Crippen LogP) is 2.30. The van der Waals surface area contributed by atoms with Gasteiger partial charge in [0.05, 0.1) is 19.1 Å². The minimum absolute atomic E-state index is 0.00811. The van der Waals surface area contributed by atoms with E-state index in [0.717, 1.165) is 5.56 Å². The van der Waals surface area contributed by atoms with Gasteiger partial charge < -0.3 is 15.2 Å². The first kappa shape index (κ1) is 16.0. The maximum atomic E-state index is 11.2. The third-order valence-corrected chi connectivity index (χ3v) is 2.99. The normalized spacial score (nSPS) is 13.9. The SMILES string of the molecule is CCOC(=O)CC(O)CN[C@H](C)c1ccc(Cl)cc1. The number of halogens is 1. The Morgan fingerprint density at radius 2 is 2.05 bits per heavy atom. The number of benzene rings is 1. The molecule has 2 N–H and O–H groups in total. The fourth-order valence-electron chi connectivity index (χ4n) is 1.67. The van der Waals surface area contributed by atoms with Gasteiger partial charge in [-0.1, -0.05) is 23.7 Å². The van der Waals surface area contributed by atoms with Crippen LogP contribution < -0.4 is 5.32 Å². The molecule has 0 bridgehead atoms. The van der Waals surface area contributed by atoms with Crippen LogP contribution in [0.15, 0.2) is 24.3 Å². The molecule has 0 fully saturated rings. The maximum Gasteiger partial charge on any atom is 0.308 e. The largest absolute Gasteiger partial charge is 0.466 e. The predicted molar refractivity (Wildman–Crippen MR) is 75.1 cm³/mol. The molecule has 0 saturated heterocycles. The number of hydrogen-bond donors (Lipinski definition) is 2. The van der Waals surface area contributed by atoms with Crippen LogP contribution in [0.25, 0.3) is 0 Å². The van der Waals surface area contributed by atoms with Crippen molar-refractivity contribution in [2.45, 2.75) is 32.4 Å². The molecule has 0 saturated carbocycles. The van der Waals surface area contributed by atoms with Crippen LogP contribution in [0, 0.1) is 0 Å². The first-order chi connectivity index (χ1) is 9.02. The minimum atomic E-state index is -0.742. The van der Waals surface area contributed by atoms with Crippen molar-refractivity contribution in [2.24, 2.45) is 0 Å². The van der Waals surface area contributed by atoms with Crippen molar-refractivity contribution in [3.8, 4) is 0 Å². The minimum Gasteiger partial charge on any atom is -0.466 e. The van der Waals surface area contributed by atoms with Gasteiger partial charge in [0.1, 0.15) is 0 Å². The second-order valence-corrected chi connectivity index (χ2v) is 4.78. The lowest BCUT2D eigenvalue weighted by atomic mass is 10.1. The van der Waals surface area contributed by atoms with Crippen LogP contribution in [0.4, 0.5) is 0 Å². The Bertz CT molecular complexity index is 394. The lowest BCUT2D eigenvalue weighted by Gasteiger charge is -2.17. The number of esters is 1. The summed E-state index contributed by atoms with van der Waals surface area (Å²) >= 11 is 5.82. The van der Waals surface area contributed by atoms with Crippen LogP contribution in [0.5, 0.6) is 0 Å². The van der Waals surface area contributed by atoms with Crippen LogP contribution in [0.2, 0.25) is 5.02 Å². The van der Waals surface area contributed by atoms with Gasteiger partial charge in [-0.15, -0.1) is 0 Å². The number of hydrogen-bond acceptors (Lipinski definition) is 4. The molecule has 0 aliphatic heterocycles. The standard InChI is InChI=1S/C14H20ClNO3/c1-3-19-14(18)8-13(17)9-16-10(2)11-4-6-12(15)7-5-11/h4-7,10,13,16-17H,3,8-9H2,1-2H3/t10-,13?/m1/s1. The summed E-state index contributed by atoms with van der Waals surface area (Å²) in [5.74, 6) is -0.379. The van der Waals surface area contributed by atoms with E-state index in [4.69, 9.17) is 16.3 Å². The highest BCUT2D eigenvalue weighted by molar-refractivity contribution is 6.30. The zero-order valence-corrected chi connectivity index (χ0v) is 12.0. The zero-order chi connectivity index (χ0) is 14.3. The fraction of sp³-hybridized carbons (Fsp3) is 0.500. The highest BCUT2D eigenvalue weighted by Crippen LogP contribution is 2.15. The topological polar surface area (TPSA) is 58.6 Å². The van der Waals surface area contributed by atoms with Crippen molar-refractivity contribution in [1.29, 1.82) is 0 Å². The number of aliphatic hydroxyl groups excluding tert-OH is 1. The number of nitrogens with one attached hydrogen (secondary N) is 1. The zero-order valence-electron chi connectivity index (χ0n) is 11.2. The molecule has 1 aromatic carbocycles. The summed E-state index contributed by atoms with van der Waals surface area (Å²) in [7, 11) is 0. The molecule has 0 heterocycles. The van der Waals surface area contributed by atoms with Gasteiger partial charge in [0, 0.05) is 17.6 Å². The van der Waals surface area contributed by atoms with Crippen LogP contribution in [0.1, 0.15) is 31.9 Å². The third-order valence-electron chi connectivity index (χ3n) is 2.74. The molecule has 0 radical (unpaired) electrons. The molecular weight excluding hydrogens is 266 g/mol. The maximum absolute atomic E-state index is 11.2. The highest BCUT2D eigenvalue weighted by atomic mass is 35.5. The molecule has 1 aromatic rings. The second kappa shape index (κ2) is 8.15. The van der Waals surface area contributed by atoms with Crippen molar-refractivity contribution in [3.05, 3.63) is 34.9 Å². The van der Waals surface area contributed by atoms with E-state index in [-0.39, 0.29) is 18.4 Å². The molecule has 5 heteroatoms.